The highest BCUT2D eigenvalue weighted by molar-refractivity contribution is 6.13. The predicted octanol–water partition coefficient (Wildman–Crippen LogP) is 3.13. The Balaban J connectivity index is 2.39. The summed E-state index contributed by atoms with van der Waals surface area (Å²) in [7, 11) is 1.56. The van der Waals surface area contributed by atoms with Crippen molar-refractivity contribution in [3.05, 3.63) is 52.8 Å². The number of aliphatic hydroxyl groups excluding tert-OH is 1. The number of rotatable bonds is 1. The largest absolute Gasteiger partial charge is 0.504 e. The summed E-state index contributed by atoms with van der Waals surface area (Å²) in [5.41, 5.74) is 0.0163. The predicted molar refractivity (Wildman–Crippen MR) is 82.3 cm³/mol. The zero-order valence-corrected chi connectivity index (χ0v) is 13.1. The van der Waals surface area contributed by atoms with Crippen LogP contribution in [0.1, 0.15) is 36.7 Å². The molecule has 2 aliphatic rings. The fourth-order valence-electron chi connectivity index (χ4n) is 3.59. The van der Waals surface area contributed by atoms with Gasteiger partial charge in [-0.3, -0.25) is 9.59 Å². The van der Waals surface area contributed by atoms with E-state index >= 15 is 0 Å². The van der Waals surface area contributed by atoms with Crippen LogP contribution in [-0.2, 0) is 10.2 Å². The molecule has 0 heterocycles. The maximum Gasteiger partial charge on any atom is 0.227 e. The molecule has 0 fully saturated rings. The summed E-state index contributed by atoms with van der Waals surface area (Å²) in [6.45, 7) is 5.39. The van der Waals surface area contributed by atoms with Crippen LogP contribution in [0.25, 0.3) is 0 Å². The van der Waals surface area contributed by atoms with Crippen molar-refractivity contribution in [3.8, 4) is 5.75 Å². The maximum absolute atomic E-state index is 12.5. The van der Waals surface area contributed by atoms with Gasteiger partial charge >= 0.3 is 0 Å². The monoisotopic (exact) mass is 298 g/mol. The van der Waals surface area contributed by atoms with E-state index in [0.29, 0.717) is 16.9 Å². The fourth-order valence-corrected chi connectivity index (χ4v) is 3.59. The summed E-state index contributed by atoms with van der Waals surface area (Å²) in [6.07, 6.45) is 3.30. The number of carbonyl (C=O) groups excluding carboxylic acids is 2. The van der Waals surface area contributed by atoms with Crippen LogP contribution in [-0.4, -0.2) is 23.8 Å². The van der Waals surface area contributed by atoms with Crippen molar-refractivity contribution in [2.24, 2.45) is 5.41 Å². The normalized spacial score (nSPS) is 25.8. The Morgan fingerprint density at radius 1 is 1.14 bits per heavy atom. The molecule has 4 nitrogen and oxygen atoms in total. The Labute approximate surface area is 129 Å². The molecule has 114 valence electrons. The van der Waals surface area contributed by atoms with Crippen molar-refractivity contribution in [3.63, 3.8) is 0 Å². The first kappa shape index (κ1) is 14.6. The van der Waals surface area contributed by atoms with Crippen molar-refractivity contribution < 1.29 is 19.4 Å². The number of ether oxygens (including phenoxy) is 1. The molecule has 1 aromatic carbocycles. The molecule has 0 saturated heterocycles. The summed E-state index contributed by atoms with van der Waals surface area (Å²) in [5.74, 6) is -0.244. The average Bonchev–Trinajstić information content (AvgIpc) is 2.48. The smallest absolute Gasteiger partial charge is 0.227 e. The van der Waals surface area contributed by atoms with Gasteiger partial charge in [0.25, 0.3) is 0 Å². The zero-order chi connectivity index (χ0) is 16.3. The third-order valence-electron chi connectivity index (χ3n) is 4.81. The number of aliphatic hydroxyl groups is 1. The van der Waals surface area contributed by atoms with Crippen molar-refractivity contribution in [2.45, 2.75) is 26.2 Å². The van der Waals surface area contributed by atoms with Crippen LogP contribution in [0.15, 0.2) is 41.7 Å². The Morgan fingerprint density at radius 2 is 1.82 bits per heavy atom. The first-order valence-electron chi connectivity index (χ1n) is 7.14. The average molecular weight is 298 g/mol. The fraction of sp³-hybridized carbons (Fsp3) is 0.333. The van der Waals surface area contributed by atoms with E-state index in [4.69, 9.17) is 4.74 Å². The minimum atomic E-state index is -0.927. The molecule has 2 aliphatic carbocycles. The summed E-state index contributed by atoms with van der Waals surface area (Å²) >= 11 is 0. The Bertz CT molecular complexity index is 767. The SMILES string of the molecule is COc1ccc2c(c1)[C@@]1(C)C=CC(=O)C(C)(C)C1=C(O)C2=O. The van der Waals surface area contributed by atoms with Gasteiger partial charge < -0.3 is 9.84 Å². The van der Waals surface area contributed by atoms with Crippen molar-refractivity contribution in [1.29, 1.82) is 0 Å². The van der Waals surface area contributed by atoms with Crippen LogP contribution in [0.3, 0.4) is 0 Å². The van der Waals surface area contributed by atoms with Gasteiger partial charge in [0.05, 0.1) is 12.5 Å². The molecular formula is C18H18O4. The minimum absolute atomic E-state index is 0.120. The van der Waals surface area contributed by atoms with Crippen LogP contribution in [0.4, 0.5) is 0 Å². The number of allylic oxidation sites excluding steroid dienone is 4. The number of benzene rings is 1. The van der Waals surface area contributed by atoms with Gasteiger partial charge in [-0.25, -0.2) is 0 Å². The molecule has 1 atom stereocenters. The van der Waals surface area contributed by atoms with Crippen LogP contribution >= 0.6 is 0 Å². The molecule has 0 saturated carbocycles. The van der Waals surface area contributed by atoms with E-state index in [9.17, 15) is 14.7 Å². The molecule has 0 spiro atoms. The molecule has 0 radical (unpaired) electrons. The van der Waals surface area contributed by atoms with Crippen LogP contribution in [0.2, 0.25) is 0 Å². The maximum atomic E-state index is 12.5. The number of hydrogen-bond acceptors (Lipinski definition) is 4. The molecule has 3 rings (SSSR count). The lowest BCUT2D eigenvalue weighted by Crippen LogP contribution is -2.44. The summed E-state index contributed by atoms with van der Waals surface area (Å²) in [5, 5.41) is 10.5. The topological polar surface area (TPSA) is 63.6 Å². The molecule has 0 bridgehead atoms. The quantitative estimate of drug-likeness (QED) is 0.865. The lowest BCUT2D eigenvalue weighted by atomic mass is 9.57. The molecule has 1 N–H and O–H groups in total. The number of fused-ring (bicyclic) bond motifs is 3. The van der Waals surface area contributed by atoms with Crippen LogP contribution in [0, 0.1) is 5.41 Å². The molecule has 22 heavy (non-hydrogen) atoms. The van der Waals surface area contributed by atoms with Gasteiger partial charge in [0.1, 0.15) is 5.75 Å². The Morgan fingerprint density at radius 3 is 2.45 bits per heavy atom. The van der Waals surface area contributed by atoms with E-state index in [1.807, 2.05) is 6.92 Å². The molecule has 0 unspecified atom stereocenters. The van der Waals surface area contributed by atoms with E-state index in [-0.39, 0.29) is 11.5 Å². The highest BCUT2D eigenvalue weighted by Gasteiger charge is 2.51. The number of hydrogen-bond donors (Lipinski definition) is 1. The van der Waals surface area contributed by atoms with Crippen LogP contribution in [0.5, 0.6) is 5.75 Å². The van der Waals surface area contributed by atoms with E-state index in [1.54, 1.807) is 45.2 Å². The van der Waals surface area contributed by atoms with Gasteiger partial charge in [-0.2, -0.15) is 0 Å². The molecule has 1 aromatic rings. The molecular weight excluding hydrogens is 280 g/mol. The molecule has 4 heteroatoms. The second-order valence-corrected chi connectivity index (χ2v) is 6.49. The number of Topliss-reactive ketones (excluding diaryl/α,β-unsaturated/α-hetero) is 1. The third kappa shape index (κ3) is 1.64. The molecule has 0 aromatic heterocycles. The first-order valence-corrected chi connectivity index (χ1v) is 7.14. The second kappa shape index (κ2) is 4.32. The first-order chi connectivity index (χ1) is 10.2. The van der Waals surface area contributed by atoms with Crippen molar-refractivity contribution >= 4 is 11.6 Å². The summed E-state index contributed by atoms with van der Waals surface area (Å²) in [4.78, 5) is 24.8. The Hall–Kier alpha value is -2.36. The standard InChI is InChI=1S/C18H18O4/c1-17(2)13(19)7-8-18(3)12-9-10(22-4)5-6-11(12)14(20)15(21)16(17)18/h5-9,21H,1-4H3/t18-/m1/s1. The van der Waals surface area contributed by atoms with E-state index in [2.05, 4.69) is 0 Å². The van der Waals surface area contributed by atoms with Gasteiger partial charge in [-0.1, -0.05) is 6.08 Å². The van der Waals surface area contributed by atoms with Crippen LogP contribution < -0.4 is 4.74 Å². The lowest BCUT2D eigenvalue weighted by molar-refractivity contribution is -0.121. The zero-order valence-electron chi connectivity index (χ0n) is 13.1. The Kier molecular flexibility index (Phi) is 2.86. The summed E-state index contributed by atoms with van der Waals surface area (Å²) < 4.78 is 5.26. The van der Waals surface area contributed by atoms with Crippen molar-refractivity contribution in [1.82, 2.24) is 0 Å². The van der Waals surface area contributed by atoms with Gasteiger partial charge in [0.2, 0.25) is 5.78 Å². The van der Waals surface area contributed by atoms with E-state index in [0.717, 1.165) is 5.56 Å². The minimum Gasteiger partial charge on any atom is -0.504 e. The molecule has 0 aliphatic heterocycles. The highest BCUT2D eigenvalue weighted by atomic mass is 16.5. The van der Waals surface area contributed by atoms with Crippen molar-refractivity contribution in [2.75, 3.05) is 7.11 Å². The number of ketones is 2. The van der Waals surface area contributed by atoms with Gasteiger partial charge in [0, 0.05) is 16.6 Å². The number of carbonyl (C=O) groups is 2. The highest BCUT2D eigenvalue weighted by Crippen LogP contribution is 2.52. The third-order valence-corrected chi connectivity index (χ3v) is 4.81. The number of methoxy groups -OCH3 is 1. The van der Waals surface area contributed by atoms with E-state index in [1.165, 1.54) is 6.08 Å². The van der Waals surface area contributed by atoms with Gasteiger partial charge in [-0.15, -0.1) is 0 Å². The molecule has 0 amide bonds. The van der Waals surface area contributed by atoms with E-state index < -0.39 is 16.6 Å². The summed E-state index contributed by atoms with van der Waals surface area (Å²) in [6, 6.07) is 5.16. The second-order valence-electron chi connectivity index (χ2n) is 6.49. The van der Waals surface area contributed by atoms with Gasteiger partial charge in [-0.05, 0) is 50.6 Å². The lowest BCUT2D eigenvalue weighted by Gasteiger charge is -2.44. The van der Waals surface area contributed by atoms with Gasteiger partial charge in [0.15, 0.2) is 11.5 Å².